The van der Waals surface area contributed by atoms with Crippen LogP contribution in [0.4, 0.5) is 16.2 Å². The van der Waals surface area contributed by atoms with E-state index in [0.29, 0.717) is 11.8 Å². The normalized spacial score (nSPS) is 19.5. The SMILES string of the molecule is CC(C)c1cc(C2CCCN(C(=O)Nc3ccc4c(c3)CCCN4)C2)[nH]n1. The van der Waals surface area contributed by atoms with E-state index >= 15 is 0 Å². The molecule has 0 spiro atoms. The zero-order valence-electron chi connectivity index (χ0n) is 16.2. The third-order valence-electron chi connectivity index (χ3n) is 5.65. The van der Waals surface area contributed by atoms with Crippen LogP contribution >= 0.6 is 0 Å². The van der Waals surface area contributed by atoms with Crippen molar-refractivity contribution in [1.29, 1.82) is 0 Å². The summed E-state index contributed by atoms with van der Waals surface area (Å²) in [5.41, 5.74) is 5.60. The smallest absolute Gasteiger partial charge is 0.321 e. The molecule has 1 aromatic carbocycles. The van der Waals surface area contributed by atoms with Crippen LogP contribution in [0, 0.1) is 0 Å². The summed E-state index contributed by atoms with van der Waals surface area (Å²) in [6.45, 7) is 6.86. The molecule has 1 fully saturated rings. The van der Waals surface area contributed by atoms with Crippen LogP contribution in [0.2, 0.25) is 0 Å². The molecule has 1 unspecified atom stereocenters. The number of aryl methyl sites for hydroxylation is 1. The minimum absolute atomic E-state index is 0.00739. The molecule has 1 atom stereocenters. The summed E-state index contributed by atoms with van der Waals surface area (Å²) in [5.74, 6) is 0.744. The number of carbonyl (C=O) groups excluding carboxylic acids is 1. The summed E-state index contributed by atoms with van der Waals surface area (Å²) in [5, 5.41) is 14.1. The Morgan fingerprint density at radius 1 is 1.30 bits per heavy atom. The number of hydrogen-bond acceptors (Lipinski definition) is 3. The van der Waals surface area contributed by atoms with Crippen molar-refractivity contribution in [2.45, 2.75) is 51.4 Å². The van der Waals surface area contributed by atoms with Crippen LogP contribution in [0.15, 0.2) is 24.3 Å². The zero-order chi connectivity index (χ0) is 18.8. The van der Waals surface area contributed by atoms with Crippen LogP contribution in [-0.4, -0.2) is 40.8 Å². The zero-order valence-corrected chi connectivity index (χ0v) is 16.2. The molecule has 144 valence electrons. The van der Waals surface area contributed by atoms with Crippen LogP contribution in [0.1, 0.15) is 61.9 Å². The van der Waals surface area contributed by atoms with E-state index in [9.17, 15) is 4.79 Å². The molecule has 0 saturated carbocycles. The van der Waals surface area contributed by atoms with Crippen molar-refractivity contribution in [3.63, 3.8) is 0 Å². The molecule has 2 amide bonds. The highest BCUT2D eigenvalue weighted by Crippen LogP contribution is 2.29. The lowest BCUT2D eigenvalue weighted by Crippen LogP contribution is -2.41. The molecule has 0 aliphatic carbocycles. The predicted octanol–water partition coefficient (Wildman–Crippen LogP) is 4.30. The van der Waals surface area contributed by atoms with E-state index in [4.69, 9.17) is 0 Å². The summed E-state index contributed by atoms with van der Waals surface area (Å²) in [4.78, 5) is 14.7. The molecule has 1 aromatic heterocycles. The Hall–Kier alpha value is -2.50. The number of urea groups is 1. The van der Waals surface area contributed by atoms with Gasteiger partial charge in [0.15, 0.2) is 0 Å². The Kier molecular flexibility index (Phi) is 5.05. The van der Waals surface area contributed by atoms with E-state index in [1.54, 1.807) is 0 Å². The van der Waals surface area contributed by atoms with Gasteiger partial charge in [0, 0.05) is 42.6 Å². The number of piperidine rings is 1. The van der Waals surface area contributed by atoms with Crippen LogP contribution in [0.3, 0.4) is 0 Å². The van der Waals surface area contributed by atoms with Crippen LogP contribution in [0.5, 0.6) is 0 Å². The van der Waals surface area contributed by atoms with Gasteiger partial charge in [0.2, 0.25) is 0 Å². The van der Waals surface area contributed by atoms with Crippen molar-refractivity contribution in [1.82, 2.24) is 15.1 Å². The summed E-state index contributed by atoms with van der Waals surface area (Å²) >= 11 is 0. The second-order valence-corrected chi connectivity index (χ2v) is 8.02. The maximum Gasteiger partial charge on any atom is 0.321 e. The lowest BCUT2D eigenvalue weighted by Gasteiger charge is -2.32. The Morgan fingerprint density at radius 2 is 2.19 bits per heavy atom. The first-order valence-electron chi connectivity index (χ1n) is 10.1. The van der Waals surface area contributed by atoms with Gasteiger partial charge in [-0.2, -0.15) is 5.10 Å². The fraction of sp³-hybridized carbons (Fsp3) is 0.524. The molecule has 0 bridgehead atoms. The average Bonchev–Trinajstić information content (AvgIpc) is 3.19. The monoisotopic (exact) mass is 367 g/mol. The van der Waals surface area contributed by atoms with Crippen molar-refractivity contribution < 1.29 is 4.79 Å². The molecule has 3 heterocycles. The molecule has 1 saturated heterocycles. The summed E-state index contributed by atoms with van der Waals surface area (Å²) in [7, 11) is 0. The lowest BCUT2D eigenvalue weighted by atomic mass is 9.94. The van der Waals surface area contributed by atoms with Gasteiger partial charge in [-0.25, -0.2) is 4.79 Å². The van der Waals surface area contributed by atoms with E-state index < -0.39 is 0 Å². The lowest BCUT2D eigenvalue weighted by molar-refractivity contribution is 0.192. The molecule has 2 aliphatic rings. The molecule has 3 N–H and O–H groups in total. The van der Waals surface area contributed by atoms with Crippen LogP contribution in [0.25, 0.3) is 0 Å². The molecule has 6 heteroatoms. The molecule has 27 heavy (non-hydrogen) atoms. The average molecular weight is 367 g/mol. The molecule has 2 aliphatic heterocycles. The summed E-state index contributed by atoms with van der Waals surface area (Å²) < 4.78 is 0. The van der Waals surface area contributed by atoms with Crippen LogP contribution < -0.4 is 10.6 Å². The van der Waals surface area contributed by atoms with Crippen molar-refractivity contribution in [2.75, 3.05) is 30.3 Å². The fourth-order valence-corrected chi connectivity index (χ4v) is 4.03. The minimum atomic E-state index is -0.00739. The Labute approximate surface area is 160 Å². The standard InChI is InChI=1S/C21H29N5O/c1-14(2)19-12-20(25-24-19)16-6-4-10-26(13-16)21(27)23-17-7-8-18-15(11-17)5-3-9-22-18/h7-8,11-12,14,16,22H,3-6,9-10,13H2,1-2H3,(H,23,27)(H,24,25). The van der Waals surface area contributed by atoms with Crippen LogP contribution in [-0.2, 0) is 6.42 Å². The highest BCUT2D eigenvalue weighted by atomic mass is 16.2. The number of amides is 2. The number of rotatable bonds is 3. The van der Waals surface area contributed by atoms with E-state index in [1.165, 1.54) is 11.3 Å². The van der Waals surface area contributed by atoms with E-state index in [2.05, 4.69) is 52.9 Å². The number of aromatic nitrogens is 2. The topological polar surface area (TPSA) is 73.1 Å². The number of nitrogens with zero attached hydrogens (tertiary/aromatic N) is 2. The number of nitrogens with one attached hydrogen (secondary N) is 3. The number of aromatic amines is 1. The predicted molar refractivity (Wildman–Crippen MR) is 108 cm³/mol. The van der Waals surface area contributed by atoms with E-state index in [0.717, 1.165) is 62.4 Å². The van der Waals surface area contributed by atoms with Crippen molar-refractivity contribution in [2.24, 2.45) is 0 Å². The number of likely N-dealkylation sites (tertiary alicyclic amines) is 1. The van der Waals surface area contributed by atoms with Gasteiger partial charge in [-0.15, -0.1) is 0 Å². The Bertz CT molecular complexity index is 813. The Morgan fingerprint density at radius 3 is 3.00 bits per heavy atom. The van der Waals surface area contributed by atoms with Crippen molar-refractivity contribution >= 4 is 17.4 Å². The van der Waals surface area contributed by atoms with Gasteiger partial charge in [0.05, 0.1) is 5.69 Å². The highest BCUT2D eigenvalue weighted by Gasteiger charge is 2.26. The van der Waals surface area contributed by atoms with E-state index in [-0.39, 0.29) is 6.03 Å². The number of carbonyl (C=O) groups is 1. The summed E-state index contributed by atoms with van der Waals surface area (Å²) in [6.07, 6.45) is 4.31. The van der Waals surface area contributed by atoms with Gasteiger partial charge >= 0.3 is 6.03 Å². The second-order valence-electron chi connectivity index (χ2n) is 8.02. The molecule has 6 nitrogen and oxygen atoms in total. The van der Waals surface area contributed by atoms with Crippen molar-refractivity contribution in [3.8, 4) is 0 Å². The number of anilines is 2. The maximum atomic E-state index is 12.8. The van der Waals surface area contributed by atoms with Gasteiger partial charge in [0.25, 0.3) is 0 Å². The largest absolute Gasteiger partial charge is 0.385 e. The third-order valence-corrected chi connectivity index (χ3v) is 5.65. The minimum Gasteiger partial charge on any atom is -0.385 e. The fourth-order valence-electron chi connectivity index (χ4n) is 4.03. The van der Waals surface area contributed by atoms with E-state index in [1.807, 2.05) is 11.0 Å². The molecular weight excluding hydrogens is 338 g/mol. The van der Waals surface area contributed by atoms with Gasteiger partial charge in [-0.3, -0.25) is 5.10 Å². The van der Waals surface area contributed by atoms with Gasteiger partial charge in [0.1, 0.15) is 0 Å². The summed E-state index contributed by atoms with van der Waals surface area (Å²) in [6, 6.07) is 8.31. The molecule has 0 radical (unpaired) electrons. The van der Waals surface area contributed by atoms with Crippen molar-refractivity contribution in [3.05, 3.63) is 41.2 Å². The number of fused-ring (bicyclic) bond motifs is 1. The van der Waals surface area contributed by atoms with Gasteiger partial charge in [-0.1, -0.05) is 13.8 Å². The second kappa shape index (κ2) is 7.62. The van der Waals surface area contributed by atoms with Gasteiger partial charge < -0.3 is 15.5 Å². The quantitative estimate of drug-likeness (QED) is 0.757. The Balaban J connectivity index is 1.41. The first kappa shape index (κ1) is 17.9. The number of benzene rings is 1. The first-order chi connectivity index (χ1) is 13.1. The number of H-pyrrole nitrogens is 1. The maximum absolute atomic E-state index is 12.8. The third kappa shape index (κ3) is 3.94. The molecule has 4 rings (SSSR count). The first-order valence-corrected chi connectivity index (χ1v) is 10.1. The number of hydrogen-bond donors (Lipinski definition) is 3. The van der Waals surface area contributed by atoms with Gasteiger partial charge in [-0.05, 0) is 61.4 Å². The molecular formula is C21H29N5O. The highest BCUT2D eigenvalue weighted by molar-refractivity contribution is 5.90. The molecule has 2 aromatic rings.